The number of rotatable bonds is 2. The molecule has 0 saturated heterocycles. The number of nitrogens with two attached hydrogens (primary N) is 1. The maximum Gasteiger partial charge on any atom is 0.418 e. The van der Waals surface area contributed by atoms with Crippen LogP contribution < -0.4 is 5.73 Å². The number of nitrogen functional groups attached to an aromatic ring is 1. The summed E-state index contributed by atoms with van der Waals surface area (Å²) >= 11 is 0. The Hall–Kier alpha value is -2.58. The molecule has 0 aliphatic heterocycles. The maximum atomic E-state index is 12.9. The summed E-state index contributed by atoms with van der Waals surface area (Å²) < 4.78 is 77.0. The third-order valence-corrected chi connectivity index (χ3v) is 2.80. The fraction of sp³-hybridized carbons (Fsp3) is 0.143. The zero-order valence-corrected chi connectivity index (χ0v) is 11.3. The Morgan fingerprint density at radius 1 is 0.696 bits per heavy atom. The van der Waals surface area contributed by atoms with Crippen molar-refractivity contribution in [2.45, 2.75) is 12.4 Å². The van der Waals surface area contributed by atoms with E-state index >= 15 is 0 Å². The van der Waals surface area contributed by atoms with Crippen molar-refractivity contribution in [3.05, 3.63) is 53.6 Å². The van der Waals surface area contributed by atoms with Crippen molar-refractivity contribution in [2.24, 2.45) is 10.2 Å². The van der Waals surface area contributed by atoms with Crippen LogP contribution in [0.2, 0.25) is 0 Å². The Bertz CT molecular complexity index is 734. The summed E-state index contributed by atoms with van der Waals surface area (Å²) in [5.74, 6) is 0. The predicted molar refractivity (Wildman–Crippen MR) is 71.5 cm³/mol. The molecule has 0 bridgehead atoms. The normalized spacial score (nSPS) is 12.8. The van der Waals surface area contributed by atoms with Crippen LogP contribution in [0.25, 0.3) is 0 Å². The van der Waals surface area contributed by atoms with Crippen LogP contribution in [-0.4, -0.2) is 0 Å². The highest BCUT2D eigenvalue weighted by Crippen LogP contribution is 2.40. The molecule has 2 rings (SSSR count). The predicted octanol–water partition coefficient (Wildman–Crippen LogP) is 5.72. The molecule has 0 aromatic heterocycles. The van der Waals surface area contributed by atoms with E-state index in [0.29, 0.717) is 6.07 Å². The summed E-state index contributed by atoms with van der Waals surface area (Å²) in [6.45, 7) is 0. The molecule has 0 amide bonds. The van der Waals surface area contributed by atoms with Crippen LogP contribution in [-0.2, 0) is 12.4 Å². The molecule has 0 aliphatic carbocycles. The quantitative estimate of drug-likeness (QED) is 0.426. The van der Waals surface area contributed by atoms with Crippen LogP contribution in [0, 0.1) is 0 Å². The van der Waals surface area contributed by atoms with Gasteiger partial charge in [0.25, 0.3) is 0 Å². The van der Waals surface area contributed by atoms with Crippen LogP contribution in [0.5, 0.6) is 0 Å². The fourth-order valence-electron chi connectivity index (χ4n) is 1.78. The van der Waals surface area contributed by atoms with Gasteiger partial charge in [-0.15, -0.1) is 10.2 Å². The highest BCUT2D eigenvalue weighted by molar-refractivity contribution is 5.56. The van der Waals surface area contributed by atoms with Gasteiger partial charge in [-0.3, -0.25) is 0 Å². The minimum absolute atomic E-state index is 0.146. The van der Waals surface area contributed by atoms with E-state index in [9.17, 15) is 26.3 Å². The topological polar surface area (TPSA) is 50.7 Å². The van der Waals surface area contributed by atoms with Crippen molar-refractivity contribution < 1.29 is 26.3 Å². The van der Waals surface area contributed by atoms with Gasteiger partial charge in [0.15, 0.2) is 0 Å². The van der Waals surface area contributed by atoms with Crippen LogP contribution in [0.4, 0.5) is 43.4 Å². The molecule has 2 aromatic rings. The first-order chi connectivity index (χ1) is 10.6. The number of anilines is 1. The molecule has 0 unspecified atom stereocenters. The first kappa shape index (κ1) is 16.8. The SMILES string of the molecule is Nc1ccc(/N=N/c2ccccc2C(F)(F)F)c(C(F)(F)F)c1. The second-order valence-corrected chi connectivity index (χ2v) is 4.49. The second kappa shape index (κ2) is 5.90. The largest absolute Gasteiger partial charge is 0.418 e. The van der Waals surface area contributed by atoms with E-state index in [0.717, 1.165) is 30.3 Å². The Balaban J connectivity index is 2.47. The number of nitrogens with zero attached hydrogens (tertiary/aromatic N) is 2. The highest BCUT2D eigenvalue weighted by atomic mass is 19.4. The number of benzene rings is 2. The highest BCUT2D eigenvalue weighted by Gasteiger charge is 2.35. The monoisotopic (exact) mass is 333 g/mol. The lowest BCUT2D eigenvalue weighted by Crippen LogP contribution is -2.06. The van der Waals surface area contributed by atoms with E-state index in [1.807, 2.05) is 0 Å². The van der Waals surface area contributed by atoms with Crippen LogP contribution in [0.3, 0.4) is 0 Å². The van der Waals surface area contributed by atoms with Gasteiger partial charge in [0, 0.05) is 5.69 Å². The minimum Gasteiger partial charge on any atom is -0.399 e. The number of alkyl halides is 6. The smallest absolute Gasteiger partial charge is 0.399 e. The lowest BCUT2D eigenvalue weighted by Gasteiger charge is -2.11. The average Bonchev–Trinajstić information content (AvgIpc) is 2.44. The molecular formula is C14H9F6N3. The molecule has 0 aliphatic rings. The molecule has 2 N–H and O–H groups in total. The summed E-state index contributed by atoms with van der Waals surface area (Å²) in [4.78, 5) is 0. The van der Waals surface area contributed by atoms with E-state index in [1.54, 1.807) is 0 Å². The lowest BCUT2D eigenvalue weighted by molar-refractivity contribution is -0.138. The van der Waals surface area contributed by atoms with Gasteiger partial charge in [0.05, 0.1) is 22.5 Å². The van der Waals surface area contributed by atoms with Gasteiger partial charge in [-0.1, -0.05) is 12.1 Å². The van der Waals surface area contributed by atoms with E-state index in [4.69, 9.17) is 5.73 Å². The lowest BCUT2D eigenvalue weighted by atomic mass is 10.1. The minimum atomic E-state index is -4.76. The van der Waals surface area contributed by atoms with Gasteiger partial charge in [0.1, 0.15) is 0 Å². The van der Waals surface area contributed by atoms with Crippen LogP contribution in [0.15, 0.2) is 52.7 Å². The van der Waals surface area contributed by atoms with E-state index < -0.39 is 34.9 Å². The molecule has 0 heterocycles. The summed E-state index contributed by atoms with van der Waals surface area (Å²) in [6.07, 6.45) is -9.45. The van der Waals surface area contributed by atoms with Gasteiger partial charge in [-0.05, 0) is 30.3 Å². The molecule has 0 atom stereocenters. The van der Waals surface area contributed by atoms with Crippen LogP contribution in [0.1, 0.15) is 11.1 Å². The van der Waals surface area contributed by atoms with Gasteiger partial charge in [-0.2, -0.15) is 26.3 Å². The molecule has 0 fully saturated rings. The number of azo groups is 1. The molecule has 23 heavy (non-hydrogen) atoms. The van der Waals surface area contributed by atoms with E-state index in [1.165, 1.54) is 6.07 Å². The summed E-state index contributed by atoms with van der Waals surface area (Å²) in [6, 6.07) is 6.93. The first-order valence-electron chi connectivity index (χ1n) is 6.14. The fourth-order valence-corrected chi connectivity index (χ4v) is 1.78. The average molecular weight is 333 g/mol. The zero-order chi connectivity index (χ0) is 17.3. The Morgan fingerprint density at radius 3 is 1.78 bits per heavy atom. The number of halogens is 6. The standard InChI is InChI=1S/C14H9F6N3/c15-13(16,17)9-3-1-2-4-11(9)22-23-12-6-5-8(21)7-10(12)14(18,19)20/h1-7H,21H2/b23-22+. The molecule has 0 saturated carbocycles. The van der Waals surface area contributed by atoms with E-state index in [2.05, 4.69) is 10.2 Å². The van der Waals surface area contributed by atoms with Crippen molar-refractivity contribution >= 4 is 17.1 Å². The summed E-state index contributed by atoms with van der Waals surface area (Å²) in [7, 11) is 0. The molecule has 3 nitrogen and oxygen atoms in total. The second-order valence-electron chi connectivity index (χ2n) is 4.49. The van der Waals surface area contributed by atoms with Crippen molar-refractivity contribution in [3.63, 3.8) is 0 Å². The maximum absolute atomic E-state index is 12.9. The first-order valence-corrected chi connectivity index (χ1v) is 6.14. The Morgan fingerprint density at radius 2 is 1.22 bits per heavy atom. The molecular weight excluding hydrogens is 324 g/mol. The Kier molecular flexibility index (Phi) is 4.31. The molecule has 2 aromatic carbocycles. The summed E-state index contributed by atoms with van der Waals surface area (Å²) in [5.41, 5.74) is 1.68. The van der Waals surface area contributed by atoms with Gasteiger partial charge in [-0.25, -0.2) is 0 Å². The van der Waals surface area contributed by atoms with Gasteiger partial charge >= 0.3 is 12.4 Å². The number of hydrogen-bond acceptors (Lipinski definition) is 3. The molecule has 0 radical (unpaired) electrons. The molecule has 9 heteroatoms. The molecule has 122 valence electrons. The summed E-state index contributed by atoms with van der Waals surface area (Å²) in [5, 5.41) is 6.62. The van der Waals surface area contributed by atoms with Crippen molar-refractivity contribution in [1.29, 1.82) is 0 Å². The molecule has 0 spiro atoms. The van der Waals surface area contributed by atoms with Crippen molar-refractivity contribution in [1.82, 2.24) is 0 Å². The van der Waals surface area contributed by atoms with E-state index in [-0.39, 0.29) is 5.69 Å². The van der Waals surface area contributed by atoms with Gasteiger partial charge in [0.2, 0.25) is 0 Å². The third-order valence-electron chi connectivity index (χ3n) is 2.80. The van der Waals surface area contributed by atoms with Gasteiger partial charge < -0.3 is 5.73 Å². The van der Waals surface area contributed by atoms with Crippen LogP contribution >= 0.6 is 0 Å². The third kappa shape index (κ3) is 3.99. The van der Waals surface area contributed by atoms with Crippen molar-refractivity contribution in [3.8, 4) is 0 Å². The number of hydrogen-bond donors (Lipinski definition) is 1. The zero-order valence-electron chi connectivity index (χ0n) is 11.3. The van der Waals surface area contributed by atoms with Crippen molar-refractivity contribution in [2.75, 3.05) is 5.73 Å². The Labute approximate surface area is 126 Å².